The first-order valence-corrected chi connectivity index (χ1v) is 10.9. The number of halogens is 1. The number of hydrogen-bond donors (Lipinski definition) is 0. The molecule has 7 heteroatoms. The van der Waals surface area contributed by atoms with Crippen LogP contribution in [0.1, 0.15) is 24.5 Å². The van der Waals surface area contributed by atoms with E-state index in [0.29, 0.717) is 23.7 Å². The van der Waals surface area contributed by atoms with Crippen LogP contribution < -0.4 is 4.31 Å². The molecule has 0 fully saturated rings. The molecule has 0 aliphatic rings. The predicted octanol–water partition coefficient (Wildman–Crippen LogP) is 3.85. The van der Waals surface area contributed by atoms with Crippen LogP contribution in [0.25, 0.3) is 0 Å². The van der Waals surface area contributed by atoms with Gasteiger partial charge in [-0.15, -0.1) is 0 Å². The second-order valence-electron chi connectivity index (χ2n) is 6.64. The van der Waals surface area contributed by atoms with E-state index >= 15 is 0 Å². The number of carbonyl (C=O) groups excluding carboxylic acids is 1. The third-order valence-electron chi connectivity index (χ3n) is 4.31. The van der Waals surface area contributed by atoms with Gasteiger partial charge in [-0.1, -0.05) is 48.4 Å². The van der Waals surface area contributed by atoms with Crippen molar-refractivity contribution in [2.24, 2.45) is 0 Å². The van der Waals surface area contributed by atoms with Gasteiger partial charge in [-0.3, -0.25) is 9.10 Å². The van der Waals surface area contributed by atoms with E-state index in [4.69, 9.17) is 11.6 Å². The highest BCUT2D eigenvalue weighted by molar-refractivity contribution is 7.92. The molecular formula is C20H25ClN2O3S. The minimum absolute atomic E-state index is 0.251. The Morgan fingerprint density at radius 3 is 2.11 bits per heavy atom. The van der Waals surface area contributed by atoms with Crippen LogP contribution >= 0.6 is 11.6 Å². The van der Waals surface area contributed by atoms with Gasteiger partial charge in [0.1, 0.15) is 6.04 Å². The molecule has 0 heterocycles. The van der Waals surface area contributed by atoms with E-state index in [1.165, 1.54) is 4.31 Å². The van der Waals surface area contributed by atoms with Crippen molar-refractivity contribution in [3.63, 3.8) is 0 Å². The minimum Gasteiger partial charge on any atom is -0.340 e. The Morgan fingerprint density at radius 2 is 1.63 bits per heavy atom. The molecule has 0 aliphatic carbocycles. The number of likely N-dealkylation sites (N-methyl/N-ethyl adjacent to an activating group) is 1. The molecule has 0 saturated heterocycles. The number of sulfonamides is 1. The number of anilines is 1. The van der Waals surface area contributed by atoms with Crippen molar-refractivity contribution >= 4 is 33.2 Å². The summed E-state index contributed by atoms with van der Waals surface area (Å²) in [6, 6.07) is 13.5. The first-order valence-electron chi connectivity index (χ1n) is 8.69. The Bertz CT molecular complexity index is 880. The molecule has 0 spiro atoms. The van der Waals surface area contributed by atoms with Gasteiger partial charge in [0.15, 0.2) is 0 Å². The molecule has 0 bridgehead atoms. The molecule has 1 atom stereocenters. The summed E-state index contributed by atoms with van der Waals surface area (Å²) in [5.41, 5.74) is 2.43. The molecule has 1 unspecified atom stereocenters. The summed E-state index contributed by atoms with van der Waals surface area (Å²) >= 11 is 5.90. The minimum atomic E-state index is -3.63. The van der Waals surface area contributed by atoms with Gasteiger partial charge in [0.2, 0.25) is 15.9 Å². The quantitative estimate of drug-likeness (QED) is 0.699. The maximum atomic E-state index is 13.1. The van der Waals surface area contributed by atoms with Crippen molar-refractivity contribution in [1.82, 2.24) is 4.90 Å². The Balaban J connectivity index is 2.30. The highest BCUT2D eigenvalue weighted by Crippen LogP contribution is 2.24. The number of hydrogen-bond acceptors (Lipinski definition) is 3. The van der Waals surface area contributed by atoms with Gasteiger partial charge < -0.3 is 4.90 Å². The molecule has 0 aliphatic heterocycles. The zero-order chi connectivity index (χ0) is 20.2. The van der Waals surface area contributed by atoms with Crippen molar-refractivity contribution in [1.29, 1.82) is 0 Å². The van der Waals surface area contributed by atoms with Crippen LogP contribution in [0.15, 0.2) is 48.5 Å². The zero-order valence-corrected chi connectivity index (χ0v) is 17.6. The van der Waals surface area contributed by atoms with Gasteiger partial charge in [0.05, 0.1) is 11.9 Å². The maximum Gasteiger partial charge on any atom is 0.246 e. The van der Waals surface area contributed by atoms with E-state index in [9.17, 15) is 13.2 Å². The molecule has 0 saturated carbocycles. The van der Waals surface area contributed by atoms with Crippen molar-refractivity contribution in [2.75, 3.05) is 17.6 Å². The van der Waals surface area contributed by atoms with E-state index in [2.05, 4.69) is 0 Å². The third-order valence-corrected chi connectivity index (χ3v) is 5.74. The van der Waals surface area contributed by atoms with Crippen molar-refractivity contribution in [3.05, 3.63) is 64.7 Å². The summed E-state index contributed by atoms with van der Waals surface area (Å²) in [5.74, 6) is -0.251. The Hall–Kier alpha value is -2.05. The fourth-order valence-electron chi connectivity index (χ4n) is 2.93. The summed E-state index contributed by atoms with van der Waals surface area (Å²) in [6.07, 6.45) is 1.49. The number of carbonyl (C=O) groups is 1. The number of benzene rings is 2. The third kappa shape index (κ3) is 5.47. The largest absolute Gasteiger partial charge is 0.340 e. The lowest BCUT2D eigenvalue weighted by molar-refractivity contribution is -0.131. The lowest BCUT2D eigenvalue weighted by Crippen LogP contribution is -2.49. The summed E-state index contributed by atoms with van der Waals surface area (Å²) in [5, 5.41) is 0.627. The standard InChI is InChI=1S/C20H25ClN2O3S/c1-5-19(20(24)22(3)14-16-8-10-17(21)11-9-16)23(27(4,25)26)18-12-6-15(2)7-13-18/h6-13,19H,5,14H2,1-4H3. The average molecular weight is 409 g/mol. The van der Waals surface area contributed by atoms with E-state index in [0.717, 1.165) is 17.4 Å². The van der Waals surface area contributed by atoms with Crippen LogP contribution in [0, 0.1) is 6.92 Å². The smallest absolute Gasteiger partial charge is 0.246 e. The molecule has 5 nitrogen and oxygen atoms in total. The van der Waals surface area contributed by atoms with Crippen LogP contribution in [0.3, 0.4) is 0 Å². The zero-order valence-electron chi connectivity index (χ0n) is 16.0. The molecule has 0 N–H and O–H groups in total. The molecule has 2 aromatic carbocycles. The van der Waals surface area contributed by atoms with Crippen molar-refractivity contribution in [2.45, 2.75) is 32.9 Å². The Kier molecular flexibility index (Phi) is 6.89. The summed E-state index contributed by atoms with van der Waals surface area (Å²) < 4.78 is 26.2. The predicted molar refractivity (Wildman–Crippen MR) is 111 cm³/mol. The van der Waals surface area contributed by atoms with Gasteiger partial charge in [0.25, 0.3) is 0 Å². The van der Waals surface area contributed by atoms with Crippen LogP contribution in [0.4, 0.5) is 5.69 Å². The highest BCUT2D eigenvalue weighted by Gasteiger charge is 2.33. The SMILES string of the molecule is CCC(C(=O)N(C)Cc1ccc(Cl)cc1)N(c1ccc(C)cc1)S(C)(=O)=O. The summed E-state index contributed by atoms with van der Waals surface area (Å²) in [6.45, 7) is 4.11. The van der Waals surface area contributed by atoms with Crippen molar-refractivity contribution < 1.29 is 13.2 Å². The lowest BCUT2D eigenvalue weighted by atomic mass is 10.1. The molecule has 2 aromatic rings. The molecule has 1 amide bonds. The topological polar surface area (TPSA) is 57.7 Å². The van der Waals surface area contributed by atoms with E-state index < -0.39 is 16.1 Å². The second kappa shape index (κ2) is 8.76. The molecule has 27 heavy (non-hydrogen) atoms. The van der Waals surface area contributed by atoms with Gasteiger partial charge in [0, 0.05) is 18.6 Å². The Morgan fingerprint density at radius 1 is 1.07 bits per heavy atom. The van der Waals surface area contributed by atoms with Gasteiger partial charge in [-0.2, -0.15) is 0 Å². The van der Waals surface area contributed by atoms with E-state index in [-0.39, 0.29) is 5.91 Å². The number of rotatable bonds is 7. The first kappa shape index (κ1) is 21.3. The number of amides is 1. The Labute approximate surface area is 166 Å². The van der Waals surface area contributed by atoms with E-state index in [1.54, 1.807) is 36.2 Å². The van der Waals surface area contributed by atoms with Gasteiger partial charge in [-0.05, 0) is 43.2 Å². The number of aryl methyl sites for hydroxylation is 1. The average Bonchev–Trinajstić information content (AvgIpc) is 2.61. The van der Waals surface area contributed by atoms with Crippen LogP contribution in [-0.4, -0.2) is 38.6 Å². The summed E-state index contributed by atoms with van der Waals surface area (Å²) in [4.78, 5) is 14.6. The molecule has 2 rings (SSSR count). The van der Waals surface area contributed by atoms with Crippen molar-refractivity contribution in [3.8, 4) is 0 Å². The fraction of sp³-hybridized carbons (Fsp3) is 0.350. The fourth-order valence-corrected chi connectivity index (χ4v) is 4.26. The molecule has 146 valence electrons. The number of nitrogens with zero attached hydrogens (tertiary/aromatic N) is 2. The van der Waals surface area contributed by atoms with Crippen LogP contribution in [0.5, 0.6) is 0 Å². The lowest BCUT2D eigenvalue weighted by Gasteiger charge is -2.33. The second-order valence-corrected chi connectivity index (χ2v) is 8.94. The maximum absolute atomic E-state index is 13.1. The first-order chi connectivity index (χ1) is 12.6. The van der Waals surface area contributed by atoms with E-state index in [1.807, 2.05) is 38.1 Å². The van der Waals surface area contributed by atoms with Crippen LogP contribution in [0.2, 0.25) is 5.02 Å². The molecule has 0 radical (unpaired) electrons. The molecular weight excluding hydrogens is 384 g/mol. The van der Waals surface area contributed by atoms with Gasteiger partial charge >= 0.3 is 0 Å². The monoisotopic (exact) mass is 408 g/mol. The highest BCUT2D eigenvalue weighted by atomic mass is 35.5. The van der Waals surface area contributed by atoms with Crippen LogP contribution in [-0.2, 0) is 21.4 Å². The normalized spacial score (nSPS) is 12.5. The summed E-state index contributed by atoms with van der Waals surface area (Å²) in [7, 11) is -1.95. The molecule has 0 aromatic heterocycles. The van der Waals surface area contributed by atoms with Gasteiger partial charge in [-0.25, -0.2) is 8.42 Å².